The van der Waals surface area contributed by atoms with Gasteiger partial charge in [0, 0.05) is 6.42 Å². The molecule has 0 heterocycles. The summed E-state index contributed by atoms with van der Waals surface area (Å²) in [6.07, 6.45) is 20.7. The molecule has 0 rings (SSSR count). The Morgan fingerprint density at radius 3 is 1.50 bits per heavy atom. The predicted molar refractivity (Wildman–Crippen MR) is 111 cm³/mol. The van der Waals surface area contributed by atoms with E-state index in [0.29, 0.717) is 6.42 Å². The van der Waals surface area contributed by atoms with Gasteiger partial charge in [0.1, 0.15) is 0 Å². The summed E-state index contributed by atoms with van der Waals surface area (Å²) in [4.78, 5) is 11.2. The van der Waals surface area contributed by atoms with E-state index in [4.69, 9.17) is 9.84 Å². The summed E-state index contributed by atoms with van der Waals surface area (Å²) >= 11 is 0. The second kappa shape index (κ2) is 19.2. The third-order valence-electron chi connectivity index (χ3n) is 5.33. The van der Waals surface area contributed by atoms with Gasteiger partial charge in [-0.1, -0.05) is 110 Å². The highest BCUT2D eigenvalue weighted by atomic mass is 16.6. The van der Waals surface area contributed by atoms with Crippen molar-refractivity contribution in [3.63, 3.8) is 0 Å². The van der Waals surface area contributed by atoms with E-state index in [2.05, 4.69) is 13.8 Å². The first kappa shape index (κ1) is 25.4. The summed E-state index contributed by atoms with van der Waals surface area (Å²) in [5.74, 6) is 0.636. The molecule has 0 radical (unpaired) electrons. The molecule has 0 aromatic heterocycles. The maximum absolute atomic E-state index is 11.2. The van der Waals surface area contributed by atoms with Crippen molar-refractivity contribution in [3.8, 4) is 0 Å². The molecular formula is C23H46O3. The number of hydrogen-bond acceptors (Lipinski definition) is 3. The Bertz CT molecular complexity index is 302. The Labute approximate surface area is 163 Å². The fraction of sp³-hybridized carbons (Fsp3) is 0.957. The summed E-state index contributed by atoms with van der Waals surface area (Å²) in [6, 6.07) is 0. The molecule has 0 aliphatic rings. The quantitative estimate of drug-likeness (QED) is 0.149. The average molecular weight is 371 g/mol. The maximum Gasteiger partial charge on any atom is 0.308 e. The van der Waals surface area contributed by atoms with E-state index in [1.807, 2.05) is 0 Å². The number of carbonyl (C=O) groups is 1. The minimum absolute atomic E-state index is 0.282. The lowest BCUT2D eigenvalue weighted by Gasteiger charge is -2.07. The molecule has 0 aromatic rings. The van der Waals surface area contributed by atoms with Gasteiger partial charge in [0.2, 0.25) is 0 Å². The number of carbonyl (C=O) groups excluding carboxylic acids is 1. The molecule has 26 heavy (non-hydrogen) atoms. The number of aliphatic hydroxyl groups excluding tert-OH is 1. The minimum Gasteiger partial charge on any atom is -0.436 e. The van der Waals surface area contributed by atoms with Crippen molar-refractivity contribution in [2.45, 2.75) is 136 Å². The van der Waals surface area contributed by atoms with E-state index in [9.17, 15) is 4.79 Å². The van der Waals surface area contributed by atoms with Crippen LogP contribution in [0.2, 0.25) is 0 Å². The summed E-state index contributed by atoms with van der Waals surface area (Å²) in [5.41, 5.74) is 0. The lowest BCUT2D eigenvalue weighted by atomic mass is 9.99. The number of esters is 1. The third-order valence-corrected chi connectivity index (χ3v) is 5.33. The Balaban J connectivity index is 3.10. The molecule has 3 nitrogen and oxygen atoms in total. The van der Waals surface area contributed by atoms with Crippen molar-refractivity contribution in [1.82, 2.24) is 0 Å². The van der Waals surface area contributed by atoms with Crippen molar-refractivity contribution >= 4 is 5.97 Å². The van der Waals surface area contributed by atoms with Gasteiger partial charge in [0.05, 0.1) is 0 Å². The SMILES string of the molecule is CCC(C)CCCCCCCCCCCCCCCCC(=O)OC(C)O. The topological polar surface area (TPSA) is 46.5 Å². The summed E-state index contributed by atoms with van der Waals surface area (Å²) in [7, 11) is 0. The van der Waals surface area contributed by atoms with E-state index >= 15 is 0 Å². The van der Waals surface area contributed by atoms with E-state index in [-0.39, 0.29) is 5.97 Å². The first-order chi connectivity index (χ1) is 12.6. The number of hydrogen-bond donors (Lipinski definition) is 1. The van der Waals surface area contributed by atoms with Crippen molar-refractivity contribution in [1.29, 1.82) is 0 Å². The van der Waals surface area contributed by atoms with Gasteiger partial charge in [-0.25, -0.2) is 0 Å². The molecule has 0 saturated heterocycles. The number of ether oxygens (including phenoxy) is 1. The average Bonchev–Trinajstić information content (AvgIpc) is 2.60. The number of aliphatic hydroxyl groups is 1. The van der Waals surface area contributed by atoms with E-state index in [1.54, 1.807) is 0 Å². The highest BCUT2D eigenvalue weighted by molar-refractivity contribution is 5.69. The summed E-state index contributed by atoms with van der Waals surface area (Å²) < 4.78 is 4.70. The largest absolute Gasteiger partial charge is 0.436 e. The van der Waals surface area contributed by atoms with Crippen LogP contribution < -0.4 is 0 Å². The highest BCUT2D eigenvalue weighted by Crippen LogP contribution is 2.16. The fourth-order valence-electron chi connectivity index (χ4n) is 3.34. The van der Waals surface area contributed by atoms with Crippen LogP contribution in [0.3, 0.4) is 0 Å². The van der Waals surface area contributed by atoms with Crippen LogP contribution in [-0.4, -0.2) is 17.4 Å². The molecule has 3 heteroatoms. The van der Waals surface area contributed by atoms with Crippen LogP contribution in [0.15, 0.2) is 0 Å². The van der Waals surface area contributed by atoms with Gasteiger partial charge in [-0.15, -0.1) is 0 Å². The van der Waals surface area contributed by atoms with Crippen LogP contribution in [0.1, 0.15) is 130 Å². The molecule has 156 valence electrons. The molecule has 2 unspecified atom stereocenters. The van der Waals surface area contributed by atoms with Crippen molar-refractivity contribution in [2.24, 2.45) is 5.92 Å². The molecule has 2 atom stereocenters. The molecule has 0 saturated carbocycles. The van der Waals surface area contributed by atoms with Gasteiger partial charge in [-0.2, -0.15) is 0 Å². The number of rotatable bonds is 19. The smallest absolute Gasteiger partial charge is 0.308 e. The van der Waals surface area contributed by atoms with Crippen molar-refractivity contribution in [2.75, 3.05) is 0 Å². The van der Waals surface area contributed by atoms with Gasteiger partial charge in [-0.3, -0.25) is 4.79 Å². The third kappa shape index (κ3) is 19.8. The highest BCUT2D eigenvalue weighted by Gasteiger charge is 2.05. The molecule has 0 fully saturated rings. The summed E-state index contributed by atoms with van der Waals surface area (Å²) in [6.45, 7) is 6.13. The van der Waals surface area contributed by atoms with Crippen LogP contribution >= 0.6 is 0 Å². The van der Waals surface area contributed by atoms with Gasteiger partial charge >= 0.3 is 5.97 Å². The van der Waals surface area contributed by atoms with Crippen molar-refractivity contribution in [3.05, 3.63) is 0 Å². The molecule has 0 bridgehead atoms. The zero-order chi connectivity index (χ0) is 19.5. The zero-order valence-corrected chi connectivity index (χ0v) is 17.9. The second-order valence-corrected chi connectivity index (χ2v) is 8.09. The molecule has 0 amide bonds. The van der Waals surface area contributed by atoms with Gasteiger partial charge in [0.25, 0.3) is 0 Å². The Hall–Kier alpha value is -0.570. The Morgan fingerprint density at radius 1 is 0.731 bits per heavy atom. The van der Waals surface area contributed by atoms with E-state index < -0.39 is 6.29 Å². The van der Waals surface area contributed by atoms with Gasteiger partial charge in [0.15, 0.2) is 6.29 Å². The Morgan fingerprint density at radius 2 is 1.12 bits per heavy atom. The fourth-order valence-corrected chi connectivity index (χ4v) is 3.34. The minimum atomic E-state index is -0.975. The lowest BCUT2D eigenvalue weighted by Crippen LogP contribution is -2.13. The van der Waals surface area contributed by atoms with Crippen molar-refractivity contribution < 1.29 is 14.6 Å². The summed E-state index contributed by atoms with van der Waals surface area (Å²) in [5, 5.41) is 8.93. The first-order valence-electron chi connectivity index (χ1n) is 11.4. The molecule has 0 aliphatic carbocycles. The number of unbranched alkanes of at least 4 members (excludes halogenated alkanes) is 13. The van der Waals surface area contributed by atoms with Crippen LogP contribution in [0.5, 0.6) is 0 Å². The van der Waals surface area contributed by atoms with E-state index in [1.165, 1.54) is 96.8 Å². The first-order valence-corrected chi connectivity index (χ1v) is 11.4. The van der Waals surface area contributed by atoms with Crippen LogP contribution in [0, 0.1) is 5.92 Å². The van der Waals surface area contributed by atoms with Gasteiger partial charge < -0.3 is 9.84 Å². The molecule has 0 spiro atoms. The molecule has 0 aromatic carbocycles. The molecule has 1 N–H and O–H groups in total. The standard InChI is InChI=1S/C23H46O3/c1-4-21(2)19-17-15-13-11-9-7-5-6-8-10-12-14-16-18-20-23(25)26-22(3)24/h21-22,24H,4-20H2,1-3H3. The molecule has 0 aliphatic heterocycles. The van der Waals surface area contributed by atoms with Crippen LogP contribution in [-0.2, 0) is 9.53 Å². The lowest BCUT2D eigenvalue weighted by molar-refractivity contribution is -0.164. The second-order valence-electron chi connectivity index (χ2n) is 8.09. The van der Waals surface area contributed by atoms with E-state index in [0.717, 1.165) is 18.8 Å². The van der Waals surface area contributed by atoms with Gasteiger partial charge in [-0.05, 0) is 19.3 Å². The van der Waals surface area contributed by atoms with Crippen LogP contribution in [0.25, 0.3) is 0 Å². The Kier molecular flexibility index (Phi) is 18.8. The molecular weight excluding hydrogens is 324 g/mol. The maximum atomic E-state index is 11.2. The zero-order valence-electron chi connectivity index (χ0n) is 17.9. The van der Waals surface area contributed by atoms with Crippen LogP contribution in [0.4, 0.5) is 0 Å². The predicted octanol–water partition coefficient (Wildman–Crippen LogP) is 7.16. The normalized spacial score (nSPS) is 13.5. The monoisotopic (exact) mass is 370 g/mol.